The summed E-state index contributed by atoms with van der Waals surface area (Å²) in [6.45, 7) is 1.79. The maximum atomic E-state index is 12.7. The van der Waals surface area contributed by atoms with Gasteiger partial charge < -0.3 is 5.73 Å². The van der Waals surface area contributed by atoms with Crippen molar-refractivity contribution in [3.63, 3.8) is 0 Å². The predicted octanol–water partition coefficient (Wildman–Crippen LogP) is 1.58. The average Bonchev–Trinajstić information content (AvgIpc) is 2.61. The van der Waals surface area contributed by atoms with E-state index in [1.165, 1.54) is 16.8 Å². The maximum Gasteiger partial charge on any atom is 0.218 e. The van der Waals surface area contributed by atoms with E-state index in [1.807, 2.05) is 0 Å². The second-order valence-electron chi connectivity index (χ2n) is 3.27. The summed E-state index contributed by atoms with van der Waals surface area (Å²) < 4.78 is 14.6. The SMILES string of the molecule is CC(N)c1nc(Br)nn1-c1ccc(F)cn1. The lowest BCUT2D eigenvalue weighted by atomic mass is 10.3. The van der Waals surface area contributed by atoms with Crippen LogP contribution in [0, 0.1) is 5.82 Å². The van der Waals surface area contributed by atoms with Gasteiger partial charge in [0.1, 0.15) is 5.82 Å². The van der Waals surface area contributed by atoms with Crippen molar-refractivity contribution in [3.05, 3.63) is 34.7 Å². The van der Waals surface area contributed by atoms with Gasteiger partial charge in [-0.3, -0.25) is 0 Å². The van der Waals surface area contributed by atoms with Gasteiger partial charge in [0.05, 0.1) is 12.2 Å². The van der Waals surface area contributed by atoms with Gasteiger partial charge in [0.2, 0.25) is 4.73 Å². The van der Waals surface area contributed by atoms with E-state index in [4.69, 9.17) is 5.73 Å². The highest BCUT2D eigenvalue weighted by molar-refractivity contribution is 9.10. The first-order chi connectivity index (χ1) is 7.58. The molecule has 2 N–H and O–H groups in total. The van der Waals surface area contributed by atoms with Crippen molar-refractivity contribution in [2.75, 3.05) is 0 Å². The zero-order chi connectivity index (χ0) is 11.7. The zero-order valence-corrected chi connectivity index (χ0v) is 10.0. The number of nitrogens with two attached hydrogens (primary N) is 1. The molecule has 0 aliphatic carbocycles. The molecule has 0 fully saturated rings. The van der Waals surface area contributed by atoms with Crippen LogP contribution >= 0.6 is 15.9 Å². The van der Waals surface area contributed by atoms with E-state index in [2.05, 4.69) is 31.0 Å². The Morgan fingerprint density at radius 3 is 2.81 bits per heavy atom. The standard InChI is InChI=1S/C9H9BrFN5/c1-5(12)8-14-9(10)15-16(8)7-3-2-6(11)4-13-7/h2-5H,12H2,1H3. The number of pyridine rings is 1. The van der Waals surface area contributed by atoms with E-state index in [-0.39, 0.29) is 6.04 Å². The third-order valence-electron chi connectivity index (χ3n) is 1.94. The minimum atomic E-state index is -0.398. The average molecular weight is 286 g/mol. The van der Waals surface area contributed by atoms with Crippen LogP contribution in [0.1, 0.15) is 18.8 Å². The number of hydrogen-bond acceptors (Lipinski definition) is 4. The van der Waals surface area contributed by atoms with Crippen LogP contribution in [0.3, 0.4) is 0 Å². The highest BCUT2D eigenvalue weighted by Gasteiger charge is 2.14. The van der Waals surface area contributed by atoms with Crippen LogP contribution in [0.25, 0.3) is 5.82 Å². The van der Waals surface area contributed by atoms with Crippen LogP contribution in [0.15, 0.2) is 23.1 Å². The minimum Gasteiger partial charge on any atom is -0.322 e. The number of hydrogen-bond donors (Lipinski definition) is 1. The van der Waals surface area contributed by atoms with Crippen molar-refractivity contribution >= 4 is 15.9 Å². The Morgan fingerprint density at radius 2 is 2.25 bits per heavy atom. The molecule has 0 saturated heterocycles. The molecular weight excluding hydrogens is 277 g/mol. The second-order valence-corrected chi connectivity index (χ2v) is 3.98. The zero-order valence-electron chi connectivity index (χ0n) is 8.43. The van der Waals surface area contributed by atoms with Gasteiger partial charge in [-0.25, -0.2) is 14.4 Å². The summed E-state index contributed by atoms with van der Waals surface area (Å²) in [4.78, 5) is 8.03. The van der Waals surface area contributed by atoms with Gasteiger partial charge in [-0.15, -0.1) is 5.10 Å². The topological polar surface area (TPSA) is 69.6 Å². The van der Waals surface area contributed by atoms with E-state index in [0.29, 0.717) is 16.4 Å². The van der Waals surface area contributed by atoms with Gasteiger partial charge >= 0.3 is 0 Å². The Kier molecular flexibility index (Phi) is 2.97. The number of nitrogens with zero attached hydrogens (tertiary/aromatic N) is 4. The molecule has 2 rings (SSSR count). The summed E-state index contributed by atoms with van der Waals surface area (Å²) in [5.74, 6) is 0.642. The Hall–Kier alpha value is -1.34. The van der Waals surface area contributed by atoms with Crippen molar-refractivity contribution in [1.82, 2.24) is 19.7 Å². The Balaban J connectivity index is 2.50. The number of halogens is 2. The van der Waals surface area contributed by atoms with E-state index < -0.39 is 5.82 Å². The molecule has 0 aliphatic heterocycles. The lowest BCUT2D eigenvalue weighted by Gasteiger charge is -2.06. The molecule has 16 heavy (non-hydrogen) atoms. The van der Waals surface area contributed by atoms with E-state index in [0.717, 1.165) is 6.20 Å². The molecule has 0 spiro atoms. The minimum absolute atomic E-state index is 0.286. The molecule has 0 bridgehead atoms. The quantitative estimate of drug-likeness (QED) is 0.910. The summed E-state index contributed by atoms with van der Waals surface area (Å²) in [7, 11) is 0. The molecule has 0 aromatic carbocycles. The van der Waals surface area contributed by atoms with E-state index >= 15 is 0 Å². The number of aromatic nitrogens is 4. The van der Waals surface area contributed by atoms with Crippen LogP contribution < -0.4 is 5.73 Å². The summed E-state index contributed by atoms with van der Waals surface area (Å²) >= 11 is 3.16. The molecule has 2 aromatic rings. The largest absolute Gasteiger partial charge is 0.322 e. The molecule has 0 radical (unpaired) electrons. The molecular formula is C9H9BrFN5. The van der Waals surface area contributed by atoms with Crippen LogP contribution in [-0.2, 0) is 0 Å². The fraction of sp³-hybridized carbons (Fsp3) is 0.222. The summed E-state index contributed by atoms with van der Waals surface area (Å²) in [5.41, 5.74) is 5.75. The molecule has 0 aliphatic rings. The smallest absolute Gasteiger partial charge is 0.218 e. The van der Waals surface area contributed by atoms with Crippen molar-refractivity contribution in [2.45, 2.75) is 13.0 Å². The van der Waals surface area contributed by atoms with Gasteiger partial charge in [-0.1, -0.05) is 0 Å². The van der Waals surface area contributed by atoms with Crippen molar-refractivity contribution in [1.29, 1.82) is 0 Å². The van der Waals surface area contributed by atoms with Gasteiger partial charge in [0.25, 0.3) is 0 Å². The third kappa shape index (κ3) is 2.10. The van der Waals surface area contributed by atoms with E-state index in [9.17, 15) is 4.39 Å². The first kappa shape index (κ1) is 11.2. The van der Waals surface area contributed by atoms with Crippen LogP contribution in [0.2, 0.25) is 0 Å². The Bertz CT molecular complexity index is 493. The van der Waals surface area contributed by atoms with Crippen molar-refractivity contribution < 1.29 is 4.39 Å². The summed E-state index contributed by atoms with van der Waals surface area (Å²) in [6, 6.07) is 2.54. The highest BCUT2D eigenvalue weighted by Crippen LogP contribution is 2.15. The molecule has 2 heterocycles. The molecule has 2 aromatic heterocycles. The summed E-state index contributed by atoms with van der Waals surface area (Å²) in [6.07, 6.45) is 1.12. The molecule has 5 nitrogen and oxygen atoms in total. The number of rotatable bonds is 2. The fourth-order valence-electron chi connectivity index (χ4n) is 1.25. The first-order valence-electron chi connectivity index (χ1n) is 4.58. The Morgan fingerprint density at radius 1 is 1.50 bits per heavy atom. The van der Waals surface area contributed by atoms with Crippen LogP contribution in [0.5, 0.6) is 0 Å². The second kappa shape index (κ2) is 4.26. The van der Waals surface area contributed by atoms with Gasteiger partial charge in [-0.2, -0.15) is 4.68 Å². The van der Waals surface area contributed by atoms with E-state index in [1.54, 1.807) is 6.92 Å². The van der Waals surface area contributed by atoms with Gasteiger partial charge in [-0.05, 0) is 35.0 Å². The predicted molar refractivity (Wildman–Crippen MR) is 59.4 cm³/mol. The van der Waals surface area contributed by atoms with Gasteiger partial charge in [0.15, 0.2) is 11.6 Å². The molecule has 0 amide bonds. The molecule has 1 atom stereocenters. The molecule has 7 heteroatoms. The van der Waals surface area contributed by atoms with Crippen molar-refractivity contribution in [3.8, 4) is 5.82 Å². The van der Waals surface area contributed by atoms with Crippen LogP contribution in [0.4, 0.5) is 4.39 Å². The maximum absolute atomic E-state index is 12.7. The fourth-order valence-corrected chi connectivity index (χ4v) is 1.59. The summed E-state index contributed by atoms with van der Waals surface area (Å²) in [5, 5.41) is 4.09. The third-order valence-corrected chi connectivity index (χ3v) is 2.28. The lowest BCUT2D eigenvalue weighted by Crippen LogP contribution is -2.14. The van der Waals surface area contributed by atoms with Crippen LogP contribution in [-0.4, -0.2) is 19.7 Å². The Labute approximate surface area is 99.6 Å². The normalized spacial score (nSPS) is 12.8. The highest BCUT2D eigenvalue weighted by atomic mass is 79.9. The molecule has 1 unspecified atom stereocenters. The monoisotopic (exact) mass is 285 g/mol. The van der Waals surface area contributed by atoms with Crippen molar-refractivity contribution in [2.24, 2.45) is 5.73 Å². The molecule has 84 valence electrons. The van der Waals surface area contributed by atoms with Gasteiger partial charge in [0, 0.05) is 0 Å². The first-order valence-corrected chi connectivity index (χ1v) is 5.37. The molecule has 0 saturated carbocycles. The lowest BCUT2D eigenvalue weighted by molar-refractivity contribution is 0.616.